The van der Waals surface area contributed by atoms with Crippen molar-refractivity contribution in [2.75, 3.05) is 19.1 Å². The Balaban J connectivity index is 1.73. The van der Waals surface area contributed by atoms with Gasteiger partial charge in [-0.15, -0.1) is 0 Å². The molecule has 0 spiro atoms. The van der Waals surface area contributed by atoms with Gasteiger partial charge in [-0.3, -0.25) is 14.5 Å². The number of methoxy groups -OCH3 is 2. The summed E-state index contributed by atoms with van der Waals surface area (Å²) in [5.41, 5.74) is 0.830. The summed E-state index contributed by atoms with van der Waals surface area (Å²) < 4.78 is 22.6. The molecular formula is C27H20N2O6. The Morgan fingerprint density at radius 3 is 2.54 bits per heavy atom. The Bertz CT molecular complexity index is 1700. The van der Waals surface area contributed by atoms with Gasteiger partial charge >= 0.3 is 0 Å². The molecule has 35 heavy (non-hydrogen) atoms. The Kier molecular flexibility index (Phi) is 4.63. The lowest BCUT2D eigenvalue weighted by molar-refractivity contribution is 0.0969. The molecule has 3 heterocycles. The fraction of sp³-hybridized carbons (Fsp3) is 0.148. The number of rotatable bonds is 4. The predicted octanol–water partition coefficient (Wildman–Crippen LogP) is 5.01. The van der Waals surface area contributed by atoms with Gasteiger partial charge in [-0.2, -0.15) is 0 Å². The number of para-hydroxylation sites is 1. The highest BCUT2D eigenvalue weighted by Gasteiger charge is 2.46. The standard InChI is InChI=1S/C27H20N2O6/c1-14-13-20(28-35-14)29-23(17-9-6-10-19(32-2)25(17)33-3)22-24(30)21-16-8-5-4-7-15(16)11-12-18(21)34-26(22)27(29)31/h4-13,23H,1-3H3/t23-/m0/s1. The lowest BCUT2D eigenvalue weighted by Crippen LogP contribution is -2.30. The molecule has 0 radical (unpaired) electrons. The molecule has 0 saturated heterocycles. The van der Waals surface area contributed by atoms with Crippen LogP contribution >= 0.6 is 0 Å². The number of ether oxygens (including phenoxy) is 2. The van der Waals surface area contributed by atoms with Gasteiger partial charge in [0, 0.05) is 11.6 Å². The van der Waals surface area contributed by atoms with Crippen LogP contribution in [0.3, 0.4) is 0 Å². The molecule has 8 nitrogen and oxygen atoms in total. The van der Waals surface area contributed by atoms with Crippen molar-refractivity contribution in [3.05, 3.63) is 93.5 Å². The lowest BCUT2D eigenvalue weighted by atomic mass is 9.96. The fourth-order valence-electron chi connectivity index (χ4n) is 4.86. The number of aromatic nitrogens is 1. The quantitative estimate of drug-likeness (QED) is 0.342. The molecule has 174 valence electrons. The SMILES string of the molecule is COc1cccc([C@H]2c3c(oc4ccc5ccccc5c4c3=O)C(=O)N2c2cc(C)on2)c1OC. The van der Waals surface area contributed by atoms with Gasteiger partial charge < -0.3 is 18.4 Å². The number of anilines is 1. The van der Waals surface area contributed by atoms with E-state index >= 15 is 0 Å². The first kappa shape index (κ1) is 21.0. The minimum atomic E-state index is -0.869. The van der Waals surface area contributed by atoms with Crippen LogP contribution in [0.1, 0.15) is 33.5 Å². The number of benzene rings is 3. The number of aryl methyl sites for hydroxylation is 1. The van der Waals surface area contributed by atoms with Crippen LogP contribution in [0.2, 0.25) is 0 Å². The van der Waals surface area contributed by atoms with Gasteiger partial charge in [-0.05, 0) is 29.8 Å². The smallest absolute Gasteiger partial charge is 0.296 e. The van der Waals surface area contributed by atoms with Crippen LogP contribution in [-0.2, 0) is 0 Å². The normalized spacial score (nSPS) is 15.1. The van der Waals surface area contributed by atoms with E-state index in [4.69, 9.17) is 18.4 Å². The summed E-state index contributed by atoms with van der Waals surface area (Å²) in [4.78, 5) is 29.3. The Hall–Kier alpha value is -4.59. The van der Waals surface area contributed by atoms with E-state index in [2.05, 4.69) is 5.16 Å². The van der Waals surface area contributed by atoms with E-state index in [-0.39, 0.29) is 22.6 Å². The summed E-state index contributed by atoms with van der Waals surface area (Å²) >= 11 is 0. The molecule has 2 aromatic heterocycles. The van der Waals surface area contributed by atoms with E-state index in [1.165, 1.54) is 19.1 Å². The van der Waals surface area contributed by atoms with Crippen molar-refractivity contribution in [1.82, 2.24) is 5.16 Å². The van der Waals surface area contributed by atoms with E-state index in [0.29, 0.717) is 33.8 Å². The van der Waals surface area contributed by atoms with E-state index in [0.717, 1.165) is 10.8 Å². The summed E-state index contributed by atoms with van der Waals surface area (Å²) in [5.74, 6) is 1.14. The third-order valence-corrected chi connectivity index (χ3v) is 6.35. The second-order valence-corrected chi connectivity index (χ2v) is 8.29. The van der Waals surface area contributed by atoms with Gasteiger partial charge in [0.1, 0.15) is 17.4 Å². The number of amides is 1. The van der Waals surface area contributed by atoms with Gasteiger partial charge in [-0.1, -0.05) is 47.6 Å². The van der Waals surface area contributed by atoms with E-state index < -0.39 is 11.9 Å². The molecule has 6 rings (SSSR count). The molecule has 3 aromatic carbocycles. The van der Waals surface area contributed by atoms with Crippen LogP contribution in [0.25, 0.3) is 21.7 Å². The minimum Gasteiger partial charge on any atom is -0.493 e. The van der Waals surface area contributed by atoms with E-state index in [1.54, 1.807) is 37.3 Å². The maximum Gasteiger partial charge on any atom is 0.296 e. The molecule has 1 atom stereocenters. The molecule has 1 amide bonds. The number of carbonyl (C=O) groups excluding carboxylic acids is 1. The predicted molar refractivity (Wildman–Crippen MR) is 129 cm³/mol. The number of hydrogen-bond acceptors (Lipinski definition) is 7. The van der Waals surface area contributed by atoms with Gasteiger partial charge in [0.25, 0.3) is 5.91 Å². The summed E-state index contributed by atoms with van der Waals surface area (Å²) in [6.07, 6.45) is 0. The van der Waals surface area contributed by atoms with Crippen molar-refractivity contribution in [2.45, 2.75) is 13.0 Å². The Labute approximate surface area is 199 Å². The van der Waals surface area contributed by atoms with Crippen LogP contribution in [0.15, 0.2) is 74.4 Å². The minimum absolute atomic E-state index is 0.0340. The third kappa shape index (κ3) is 2.96. The molecule has 1 aliphatic heterocycles. The van der Waals surface area contributed by atoms with Crippen LogP contribution in [-0.4, -0.2) is 25.3 Å². The Morgan fingerprint density at radius 1 is 0.971 bits per heavy atom. The van der Waals surface area contributed by atoms with Gasteiger partial charge in [-0.25, -0.2) is 0 Å². The summed E-state index contributed by atoms with van der Waals surface area (Å²) in [7, 11) is 3.04. The zero-order valence-corrected chi connectivity index (χ0v) is 19.2. The molecule has 0 fully saturated rings. The van der Waals surface area contributed by atoms with Crippen molar-refractivity contribution in [3.63, 3.8) is 0 Å². The maximum atomic E-state index is 14.1. The second-order valence-electron chi connectivity index (χ2n) is 8.29. The fourth-order valence-corrected chi connectivity index (χ4v) is 4.86. The van der Waals surface area contributed by atoms with Gasteiger partial charge in [0.15, 0.2) is 22.7 Å². The molecule has 0 N–H and O–H groups in total. The zero-order valence-electron chi connectivity index (χ0n) is 19.2. The molecule has 1 aliphatic rings. The summed E-state index contributed by atoms with van der Waals surface area (Å²) in [6.45, 7) is 1.73. The first-order valence-electron chi connectivity index (χ1n) is 11.0. The highest BCUT2D eigenvalue weighted by molar-refractivity contribution is 6.12. The van der Waals surface area contributed by atoms with Crippen molar-refractivity contribution in [2.24, 2.45) is 0 Å². The molecule has 0 aliphatic carbocycles. The highest BCUT2D eigenvalue weighted by Crippen LogP contribution is 2.46. The molecule has 0 bridgehead atoms. The summed E-state index contributed by atoms with van der Waals surface area (Å²) in [5, 5.41) is 6.14. The average molecular weight is 468 g/mol. The van der Waals surface area contributed by atoms with E-state index in [9.17, 15) is 9.59 Å². The van der Waals surface area contributed by atoms with Crippen molar-refractivity contribution in [3.8, 4) is 11.5 Å². The molecule has 0 unspecified atom stereocenters. The van der Waals surface area contributed by atoms with Crippen LogP contribution in [0.4, 0.5) is 5.82 Å². The van der Waals surface area contributed by atoms with Gasteiger partial charge in [0.05, 0.1) is 25.2 Å². The Morgan fingerprint density at radius 2 is 1.80 bits per heavy atom. The number of carbonyl (C=O) groups is 1. The first-order valence-corrected chi connectivity index (χ1v) is 11.0. The third-order valence-electron chi connectivity index (χ3n) is 6.35. The number of hydrogen-bond donors (Lipinski definition) is 0. The maximum absolute atomic E-state index is 14.1. The van der Waals surface area contributed by atoms with Gasteiger partial charge in [0.2, 0.25) is 5.76 Å². The monoisotopic (exact) mass is 468 g/mol. The largest absolute Gasteiger partial charge is 0.493 e. The lowest BCUT2D eigenvalue weighted by Gasteiger charge is -2.24. The zero-order chi connectivity index (χ0) is 24.3. The molecule has 5 aromatic rings. The van der Waals surface area contributed by atoms with Crippen molar-refractivity contribution < 1.29 is 23.2 Å². The second kappa shape index (κ2) is 7.73. The average Bonchev–Trinajstić information content (AvgIpc) is 3.43. The summed E-state index contributed by atoms with van der Waals surface area (Å²) in [6, 6.07) is 17.3. The van der Waals surface area contributed by atoms with Crippen molar-refractivity contribution in [1.29, 1.82) is 0 Å². The van der Waals surface area contributed by atoms with Crippen LogP contribution in [0.5, 0.6) is 11.5 Å². The number of nitrogens with zero attached hydrogens (tertiary/aromatic N) is 2. The van der Waals surface area contributed by atoms with Crippen LogP contribution < -0.4 is 19.8 Å². The molecule has 8 heteroatoms. The van der Waals surface area contributed by atoms with Crippen molar-refractivity contribution >= 4 is 33.5 Å². The highest BCUT2D eigenvalue weighted by atomic mass is 16.5. The topological polar surface area (TPSA) is 95.0 Å². The molecular weight excluding hydrogens is 448 g/mol. The van der Waals surface area contributed by atoms with Crippen LogP contribution in [0, 0.1) is 6.92 Å². The molecule has 0 saturated carbocycles. The number of fused-ring (bicyclic) bond motifs is 4. The van der Waals surface area contributed by atoms with E-state index in [1.807, 2.05) is 30.3 Å². The first-order chi connectivity index (χ1) is 17.0.